The molecule has 4 heteroatoms. The van der Waals surface area contributed by atoms with Crippen LogP contribution in [0.5, 0.6) is 0 Å². The second-order valence-corrected chi connectivity index (χ2v) is 5.89. The summed E-state index contributed by atoms with van der Waals surface area (Å²) in [5.41, 5.74) is 0.0764. The number of hydrogen-bond acceptors (Lipinski definition) is 3. The van der Waals surface area contributed by atoms with Crippen LogP contribution in [-0.2, 0) is 4.79 Å². The molecule has 0 spiro atoms. The van der Waals surface area contributed by atoms with E-state index in [1.807, 2.05) is 4.90 Å². The zero-order valence-corrected chi connectivity index (χ0v) is 11.3. The molecule has 0 bridgehead atoms. The second kappa shape index (κ2) is 4.94. The largest absolute Gasteiger partial charge is 0.341 e. The van der Waals surface area contributed by atoms with E-state index in [2.05, 4.69) is 31.0 Å². The van der Waals surface area contributed by atoms with Gasteiger partial charge in [-0.2, -0.15) is 0 Å². The van der Waals surface area contributed by atoms with Crippen LogP contribution < -0.4 is 5.32 Å². The fourth-order valence-corrected chi connectivity index (χ4v) is 3.05. The zero-order valence-electron chi connectivity index (χ0n) is 11.3. The number of nitrogens with one attached hydrogen (secondary N) is 1. The van der Waals surface area contributed by atoms with E-state index in [4.69, 9.17) is 0 Å². The fourth-order valence-electron chi connectivity index (χ4n) is 3.05. The normalized spacial score (nSPS) is 27.1. The van der Waals surface area contributed by atoms with Gasteiger partial charge in [-0.15, -0.1) is 0 Å². The Hall–Kier alpha value is -0.610. The molecule has 2 aliphatic rings. The first-order chi connectivity index (χ1) is 8.02. The molecule has 17 heavy (non-hydrogen) atoms. The molecule has 2 heterocycles. The van der Waals surface area contributed by atoms with Crippen molar-refractivity contribution in [1.29, 1.82) is 0 Å². The van der Waals surface area contributed by atoms with Gasteiger partial charge in [0, 0.05) is 38.3 Å². The lowest BCUT2D eigenvalue weighted by Gasteiger charge is -2.46. The van der Waals surface area contributed by atoms with Crippen molar-refractivity contribution in [2.75, 3.05) is 32.7 Å². The van der Waals surface area contributed by atoms with E-state index in [1.54, 1.807) is 0 Å². The van der Waals surface area contributed by atoms with Crippen LogP contribution in [0.2, 0.25) is 0 Å². The molecular formula is C13H25N3O. The molecule has 0 saturated carbocycles. The van der Waals surface area contributed by atoms with Gasteiger partial charge in [0.05, 0.1) is 6.04 Å². The van der Waals surface area contributed by atoms with Gasteiger partial charge in [-0.05, 0) is 33.6 Å². The summed E-state index contributed by atoms with van der Waals surface area (Å²) in [6.07, 6.45) is 2.34. The van der Waals surface area contributed by atoms with Crippen LogP contribution >= 0.6 is 0 Å². The first-order valence-corrected chi connectivity index (χ1v) is 6.78. The Kier molecular flexibility index (Phi) is 3.73. The van der Waals surface area contributed by atoms with Gasteiger partial charge in [-0.3, -0.25) is 9.69 Å². The zero-order chi connectivity index (χ0) is 12.5. The summed E-state index contributed by atoms with van der Waals surface area (Å²) in [6, 6.07) is 0.0187. The molecule has 0 aliphatic carbocycles. The van der Waals surface area contributed by atoms with Crippen LogP contribution in [0.4, 0.5) is 0 Å². The number of piperazine rings is 1. The molecule has 2 saturated heterocycles. The highest BCUT2D eigenvalue weighted by molar-refractivity contribution is 5.81. The van der Waals surface area contributed by atoms with Crippen LogP contribution in [0.3, 0.4) is 0 Å². The van der Waals surface area contributed by atoms with E-state index in [9.17, 15) is 4.79 Å². The SMILES string of the molecule is CC(C(=O)N1CCCC1)N1CCNCC1(C)C. The third kappa shape index (κ3) is 2.63. The number of carbonyl (C=O) groups is 1. The van der Waals surface area contributed by atoms with Crippen molar-refractivity contribution in [2.45, 2.75) is 45.2 Å². The molecule has 1 amide bonds. The number of rotatable bonds is 2. The van der Waals surface area contributed by atoms with Crippen molar-refractivity contribution < 1.29 is 4.79 Å². The molecular weight excluding hydrogens is 214 g/mol. The van der Waals surface area contributed by atoms with Gasteiger partial charge in [-0.25, -0.2) is 0 Å². The standard InChI is InChI=1S/C13H25N3O/c1-11(12(17)15-7-4-5-8-15)16-9-6-14-10-13(16,2)3/h11,14H,4-10H2,1-3H3. The van der Waals surface area contributed by atoms with Crippen LogP contribution in [0.1, 0.15) is 33.6 Å². The maximum atomic E-state index is 12.4. The van der Waals surface area contributed by atoms with E-state index in [1.165, 1.54) is 12.8 Å². The number of amides is 1. The molecule has 98 valence electrons. The average molecular weight is 239 g/mol. The maximum Gasteiger partial charge on any atom is 0.239 e. The Morgan fingerprint density at radius 3 is 2.47 bits per heavy atom. The molecule has 0 radical (unpaired) electrons. The second-order valence-electron chi connectivity index (χ2n) is 5.89. The molecule has 2 aliphatic heterocycles. The molecule has 2 fully saturated rings. The smallest absolute Gasteiger partial charge is 0.239 e. The first-order valence-electron chi connectivity index (χ1n) is 6.78. The molecule has 1 atom stereocenters. The van der Waals surface area contributed by atoms with Gasteiger partial charge in [0.1, 0.15) is 0 Å². The third-order valence-electron chi connectivity index (χ3n) is 4.11. The molecule has 1 unspecified atom stereocenters. The summed E-state index contributed by atoms with van der Waals surface area (Å²) in [4.78, 5) is 16.8. The van der Waals surface area contributed by atoms with Gasteiger partial charge in [-0.1, -0.05) is 0 Å². The van der Waals surface area contributed by atoms with Crippen molar-refractivity contribution >= 4 is 5.91 Å². The third-order valence-corrected chi connectivity index (χ3v) is 4.11. The van der Waals surface area contributed by atoms with Crippen molar-refractivity contribution in [3.05, 3.63) is 0 Å². The lowest BCUT2D eigenvalue weighted by molar-refractivity contribution is -0.138. The molecule has 1 N–H and O–H groups in total. The fraction of sp³-hybridized carbons (Fsp3) is 0.923. The molecule has 0 aromatic heterocycles. The topological polar surface area (TPSA) is 35.6 Å². The van der Waals surface area contributed by atoms with Crippen LogP contribution in [0.15, 0.2) is 0 Å². The minimum absolute atomic E-state index is 0.0187. The number of nitrogens with zero attached hydrogens (tertiary/aromatic N) is 2. The van der Waals surface area contributed by atoms with Crippen LogP contribution in [0.25, 0.3) is 0 Å². The Labute approximate surface area is 104 Å². The number of hydrogen-bond donors (Lipinski definition) is 1. The highest BCUT2D eigenvalue weighted by atomic mass is 16.2. The Morgan fingerprint density at radius 1 is 1.24 bits per heavy atom. The average Bonchev–Trinajstić information content (AvgIpc) is 2.80. The Bertz CT molecular complexity index is 284. The summed E-state index contributed by atoms with van der Waals surface area (Å²) >= 11 is 0. The van der Waals surface area contributed by atoms with Crippen molar-refractivity contribution in [3.8, 4) is 0 Å². The monoisotopic (exact) mass is 239 g/mol. The summed E-state index contributed by atoms with van der Waals surface area (Å²) in [5, 5.41) is 3.40. The lowest BCUT2D eigenvalue weighted by Crippen LogP contribution is -2.63. The van der Waals surface area contributed by atoms with E-state index in [-0.39, 0.29) is 11.6 Å². The Morgan fingerprint density at radius 2 is 1.88 bits per heavy atom. The summed E-state index contributed by atoms with van der Waals surface area (Å²) in [5.74, 6) is 0.317. The van der Waals surface area contributed by atoms with Crippen LogP contribution in [0, 0.1) is 0 Å². The van der Waals surface area contributed by atoms with Gasteiger partial charge >= 0.3 is 0 Å². The molecule has 4 nitrogen and oxygen atoms in total. The number of likely N-dealkylation sites (tertiary alicyclic amines) is 1. The van der Waals surface area contributed by atoms with E-state index in [0.29, 0.717) is 5.91 Å². The molecule has 0 aromatic rings. The van der Waals surface area contributed by atoms with Gasteiger partial charge in [0.15, 0.2) is 0 Å². The van der Waals surface area contributed by atoms with Crippen molar-refractivity contribution in [3.63, 3.8) is 0 Å². The lowest BCUT2D eigenvalue weighted by atomic mass is 9.97. The van der Waals surface area contributed by atoms with Gasteiger partial charge in [0.2, 0.25) is 5.91 Å². The van der Waals surface area contributed by atoms with Crippen LogP contribution in [-0.4, -0.2) is 60.0 Å². The summed E-state index contributed by atoms with van der Waals surface area (Å²) < 4.78 is 0. The van der Waals surface area contributed by atoms with Crippen molar-refractivity contribution in [1.82, 2.24) is 15.1 Å². The maximum absolute atomic E-state index is 12.4. The predicted molar refractivity (Wildman–Crippen MR) is 68.9 cm³/mol. The predicted octanol–water partition coefficient (Wildman–Crippen LogP) is 0.681. The van der Waals surface area contributed by atoms with Crippen molar-refractivity contribution in [2.24, 2.45) is 0 Å². The quantitative estimate of drug-likeness (QED) is 0.770. The Balaban J connectivity index is 2.02. The molecule has 0 aromatic carbocycles. The highest BCUT2D eigenvalue weighted by Crippen LogP contribution is 2.21. The minimum atomic E-state index is 0.0187. The van der Waals surface area contributed by atoms with Gasteiger partial charge < -0.3 is 10.2 Å². The highest BCUT2D eigenvalue weighted by Gasteiger charge is 2.37. The van der Waals surface area contributed by atoms with Gasteiger partial charge in [0.25, 0.3) is 0 Å². The summed E-state index contributed by atoms with van der Waals surface area (Å²) in [6.45, 7) is 11.3. The minimum Gasteiger partial charge on any atom is -0.341 e. The van der Waals surface area contributed by atoms with E-state index >= 15 is 0 Å². The van der Waals surface area contributed by atoms with E-state index < -0.39 is 0 Å². The van der Waals surface area contributed by atoms with E-state index in [0.717, 1.165) is 32.7 Å². The summed E-state index contributed by atoms with van der Waals surface area (Å²) in [7, 11) is 0. The first kappa shape index (κ1) is 12.8. The molecule has 2 rings (SSSR count). The number of carbonyl (C=O) groups excluding carboxylic acids is 1.